The van der Waals surface area contributed by atoms with E-state index in [1.165, 1.54) is 5.56 Å². The standard InChI is InChI=1S/C24H34N4O3.HI/c1-3-25-24(27-16-22-10-7-12-26-23(22)31-15-14-29-2)28-13-11-21(17-28)19-30-18-20-8-5-4-6-9-20;/h4-10,12,21H,3,11,13-19H2,1-2H3,(H,25,27);1H. The van der Waals surface area contributed by atoms with Crippen LogP contribution in [0.25, 0.3) is 0 Å². The van der Waals surface area contributed by atoms with Crippen LogP contribution in [0.1, 0.15) is 24.5 Å². The number of guanidine groups is 1. The van der Waals surface area contributed by atoms with Gasteiger partial charge in [0.1, 0.15) is 6.61 Å². The molecule has 2 heterocycles. The fraction of sp³-hybridized carbons (Fsp3) is 0.500. The third-order valence-electron chi connectivity index (χ3n) is 5.16. The van der Waals surface area contributed by atoms with Crippen molar-refractivity contribution < 1.29 is 14.2 Å². The maximum Gasteiger partial charge on any atom is 0.218 e. The van der Waals surface area contributed by atoms with Crippen LogP contribution in [0.5, 0.6) is 5.88 Å². The van der Waals surface area contributed by atoms with Crippen LogP contribution in [0, 0.1) is 5.92 Å². The topological polar surface area (TPSA) is 68.2 Å². The van der Waals surface area contributed by atoms with Gasteiger partial charge in [0.25, 0.3) is 0 Å². The second-order valence-corrected chi connectivity index (χ2v) is 7.58. The molecular formula is C24H35IN4O3. The van der Waals surface area contributed by atoms with Crippen molar-refractivity contribution in [1.29, 1.82) is 0 Å². The quantitative estimate of drug-likeness (QED) is 0.198. The number of hydrogen-bond acceptors (Lipinski definition) is 5. The summed E-state index contributed by atoms with van der Waals surface area (Å²) in [5, 5.41) is 3.42. The third-order valence-corrected chi connectivity index (χ3v) is 5.16. The van der Waals surface area contributed by atoms with Crippen LogP contribution in [0.2, 0.25) is 0 Å². The number of hydrogen-bond donors (Lipinski definition) is 1. The molecule has 1 aliphatic rings. The van der Waals surface area contributed by atoms with Gasteiger partial charge < -0.3 is 24.4 Å². The van der Waals surface area contributed by atoms with Gasteiger partial charge in [-0.15, -0.1) is 24.0 Å². The summed E-state index contributed by atoms with van der Waals surface area (Å²) in [5.74, 6) is 2.06. The van der Waals surface area contributed by atoms with Gasteiger partial charge in [-0.1, -0.05) is 36.4 Å². The number of aliphatic imine (C=N–C) groups is 1. The molecule has 3 rings (SSSR count). The number of nitrogens with one attached hydrogen (secondary N) is 1. The Morgan fingerprint density at radius 1 is 1.19 bits per heavy atom. The number of halogens is 1. The van der Waals surface area contributed by atoms with Gasteiger partial charge >= 0.3 is 0 Å². The van der Waals surface area contributed by atoms with Crippen molar-refractivity contribution in [3.8, 4) is 5.88 Å². The molecule has 1 fully saturated rings. The molecule has 0 saturated carbocycles. The lowest BCUT2D eigenvalue weighted by Crippen LogP contribution is -2.40. The predicted octanol–water partition coefficient (Wildman–Crippen LogP) is 3.73. The van der Waals surface area contributed by atoms with E-state index in [1.54, 1.807) is 13.3 Å². The summed E-state index contributed by atoms with van der Waals surface area (Å²) < 4.78 is 16.8. The fourth-order valence-corrected chi connectivity index (χ4v) is 3.56. The van der Waals surface area contributed by atoms with E-state index < -0.39 is 0 Å². The van der Waals surface area contributed by atoms with E-state index in [-0.39, 0.29) is 24.0 Å². The minimum atomic E-state index is 0. The summed E-state index contributed by atoms with van der Waals surface area (Å²) in [4.78, 5) is 11.5. The molecule has 1 atom stereocenters. The molecule has 1 aromatic heterocycles. The SMILES string of the molecule is CCNC(=NCc1cccnc1OCCOC)N1CCC(COCc2ccccc2)C1.I. The molecule has 0 radical (unpaired) electrons. The van der Waals surface area contributed by atoms with Crippen LogP contribution in [0.15, 0.2) is 53.7 Å². The highest BCUT2D eigenvalue weighted by molar-refractivity contribution is 14.0. The second-order valence-electron chi connectivity index (χ2n) is 7.58. The molecular weight excluding hydrogens is 519 g/mol. The fourth-order valence-electron chi connectivity index (χ4n) is 3.56. The minimum Gasteiger partial charge on any atom is -0.475 e. The molecule has 0 bridgehead atoms. The smallest absolute Gasteiger partial charge is 0.218 e. The van der Waals surface area contributed by atoms with Gasteiger partial charge in [-0.3, -0.25) is 0 Å². The molecule has 0 amide bonds. The molecule has 176 valence electrons. The number of aromatic nitrogens is 1. The summed E-state index contributed by atoms with van der Waals surface area (Å²) in [6.45, 7) is 7.81. The van der Waals surface area contributed by atoms with Crippen LogP contribution in [0.4, 0.5) is 0 Å². The Bertz CT molecular complexity index is 807. The zero-order valence-corrected chi connectivity index (χ0v) is 21.4. The monoisotopic (exact) mass is 554 g/mol. The Kier molecular flexibility index (Phi) is 12.4. The number of rotatable bonds is 11. The van der Waals surface area contributed by atoms with Gasteiger partial charge in [0.05, 0.1) is 26.4 Å². The van der Waals surface area contributed by atoms with Crippen LogP contribution < -0.4 is 10.1 Å². The number of ether oxygens (including phenoxy) is 3. The highest BCUT2D eigenvalue weighted by Gasteiger charge is 2.25. The largest absolute Gasteiger partial charge is 0.475 e. The lowest BCUT2D eigenvalue weighted by molar-refractivity contribution is 0.0906. The molecule has 1 unspecified atom stereocenters. The van der Waals surface area contributed by atoms with Crippen molar-refractivity contribution in [2.45, 2.75) is 26.5 Å². The first-order valence-electron chi connectivity index (χ1n) is 11.0. The van der Waals surface area contributed by atoms with Crippen molar-refractivity contribution in [2.24, 2.45) is 10.9 Å². The molecule has 0 spiro atoms. The van der Waals surface area contributed by atoms with Gasteiger partial charge in [0, 0.05) is 44.4 Å². The first-order chi connectivity index (χ1) is 15.3. The zero-order valence-electron chi connectivity index (χ0n) is 19.0. The van der Waals surface area contributed by atoms with E-state index >= 15 is 0 Å². The lowest BCUT2D eigenvalue weighted by Gasteiger charge is -2.22. The maximum atomic E-state index is 5.96. The molecule has 1 saturated heterocycles. The van der Waals surface area contributed by atoms with Crippen LogP contribution in [-0.2, 0) is 22.6 Å². The van der Waals surface area contributed by atoms with E-state index in [9.17, 15) is 0 Å². The molecule has 8 heteroatoms. The summed E-state index contributed by atoms with van der Waals surface area (Å²) in [7, 11) is 1.66. The first kappa shape index (κ1) is 26.3. The van der Waals surface area contributed by atoms with Gasteiger partial charge in [0.15, 0.2) is 5.96 Å². The highest BCUT2D eigenvalue weighted by atomic mass is 127. The van der Waals surface area contributed by atoms with Gasteiger partial charge in [-0.05, 0) is 25.0 Å². The molecule has 1 aromatic carbocycles. The Morgan fingerprint density at radius 3 is 2.81 bits per heavy atom. The summed E-state index contributed by atoms with van der Waals surface area (Å²) >= 11 is 0. The molecule has 32 heavy (non-hydrogen) atoms. The van der Waals surface area contributed by atoms with Gasteiger partial charge in [-0.25, -0.2) is 9.98 Å². The second kappa shape index (κ2) is 15.0. The van der Waals surface area contributed by atoms with Crippen LogP contribution in [-0.4, -0.2) is 62.4 Å². The average Bonchev–Trinajstić information content (AvgIpc) is 3.27. The van der Waals surface area contributed by atoms with Crippen molar-refractivity contribution in [3.63, 3.8) is 0 Å². The summed E-state index contributed by atoms with van der Waals surface area (Å²) in [6.07, 6.45) is 2.85. The van der Waals surface area contributed by atoms with Crippen molar-refractivity contribution in [3.05, 3.63) is 59.8 Å². The Morgan fingerprint density at radius 2 is 2.03 bits per heavy atom. The van der Waals surface area contributed by atoms with Crippen molar-refractivity contribution >= 4 is 29.9 Å². The number of nitrogens with zero attached hydrogens (tertiary/aromatic N) is 3. The first-order valence-corrected chi connectivity index (χ1v) is 11.0. The molecule has 7 nitrogen and oxygen atoms in total. The van der Waals surface area contributed by atoms with E-state index in [0.29, 0.717) is 38.2 Å². The number of benzene rings is 1. The van der Waals surface area contributed by atoms with Crippen molar-refractivity contribution in [2.75, 3.05) is 46.6 Å². The predicted molar refractivity (Wildman–Crippen MR) is 138 cm³/mol. The molecule has 0 aliphatic carbocycles. The number of methoxy groups -OCH3 is 1. The third kappa shape index (κ3) is 8.55. The Balaban J connectivity index is 0.00000363. The summed E-state index contributed by atoms with van der Waals surface area (Å²) in [6, 6.07) is 14.2. The number of pyridine rings is 1. The van der Waals surface area contributed by atoms with Gasteiger partial charge in [-0.2, -0.15) is 0 Å². The molecule has 1 N–H and O–H groups in total. The number of likely N-dealkylation sites (tertiary alicyclic amines) is 1. The Hall–Kier alpha value is -1.91. The van der Waals surface area contributed by atoms with E-state index in [1.807, 2.05) is 30.3 Å². The van der Waals surface area contributed by atoms with Gasteiger partial charge in [0.2, 0.25) is 5.88 Å². The average molecular weight is 554 g/mol. The maximum absolute atomic E-state index is 5.96. The van der Waals surface area contributed by atoms with Crippen molar-refractivity contribution in [1.82, 2.24) is 15.2 Å². The molecule has 2 aromatic rings. The summed E-state index contributed by atoms with van der Waals surface area (Å²) in [5.41, 5.74) is 2.18. The Labute approximate surface area is 208 Å². The van der Waals surface area contributed by atoms with E-state index in [2.05, 4.69) is 34.3 Å². The normalized spacial score (nSPS) is 16.0. The van der Waals surface area contributed by atoms with Crippen LogP contribution in [0.3, 0.4) is 0 Å². The van der Waals surface area contributed by atoms with Crippen LogP contribution >= 0.6 is 24.0 Å². The van der Waals surface area contributed by atoms with E-state index in [4.69, 9.17) is 19.2 Å². The molecule has 1 aliphatic heterocycles. The lowest BCUT2D eigenvalue weighted by atomic mass is 10.1. The zero-order chi connectivity index (χ0) is 21.7. The minimum absolute atomic E-state index is 0. The van der Waals surface area contributed by atoms with E-state index in [0.717, 1.165) is 44.2 Å². The highest BCUT2D eigenvalue weighted by Crippen LogP contribution is 2.19.